The van der Waals surface area contributed by atoms with Gasteiger partial charge < -0.3 is 13.3 Å². The maximum absolute atomic E-state index is 5.19. The van der Waals surface area contributed by atoms with Crippen LogP contribution in [0.15, 0.2) is 12.7 Å². The van der Waals surface area contributed by atoms with E-state index in [4.69, 9.17) is 13.3 Å². The molecular weight excluding hydrogens is 172 g/mol. The third-order valence-electron chi connectivity index (χ3n) is 1.62. The lowest BCUT2D eigenvalue weighted by Gasteiger charge is -2.23. The summed E-state index contributed by atoms with van der Waals surface area (Å²) in [5.41, 5.74) is 0. The lowest BCUT2D eigenvalue weighted by molar-refractivity contribution is 0.132. The molecule has 0 saturated carbocycles. The van der Waals surface area contributed by atoms with E-state index in [2.05, 4.69) is 6.58 Å². The van der Waals surface area contributed by atoms with Crippen LogP contribution in [0.4, 0.5) is 0 Å². The lowest BCUT2D eigenvalue weighted by atomic mass is 10.3. The van der Waals surface area contributed by atoms with Gasteiger partial charge in [-0.25, -0.2) is 0 Å². The van der Waals surface area contributed by atoms with E-state index in [0.29, 0.717) is 0 Å². The van der Waals surface area contributed by atoms with Gasteiger partial charge in [0.1, 0.15) is 0 Å². The van der Waals surface area contributed by atoms with Crippen molar-refractivity contribution in [2.45, 2.75) is 12.8 Å². The van der Waals surface area contributed by atoms with Crippen molar-refractivity contribution in [1.82, 2.24) is 0 Å². The summed E-state index contributed by atoms with van der Waals surface area (Å²) in [6, 6.07) is 1.97. The second kappa shape index (κ2) is 6.36. The zero-order chi connectivity index (χ0) is 9.45. The first-order valence-corrected chi connectivity index (χ1v) is 5.65. The Labute approximate surface area is 75.7 Å². The van der Waals surface area contributed by atoms with E-state index in [0.717, 1.165) is 12.8 Å². The largest absolute Gasteiger partial charge is 0.503 e. The van der Waals surface area contributed by atoms with Crippen LogP contribution in [-0.4, -0.2) is 30.1 Å². The Morgan fingerprint density at radius 3 is 1.92 bits per heavy atom. The lowest BCUT2D eigenvalue weighted by Crippen LogP contribution is -2.43. The molecule has 0 aliphatic carbocycles. The van der Waals surface area contributed by atoms with Gasteiger partial charge in [-0.15, -0.1) is 6.58 Å². The highest BCUT2D eigenvalue weighted by molar-refractivity contribution is 6.64. The number of rotatable bonds is 7. The van der Waals surface area contributed by atoms with Gasteiger partial charge in [-0.05, 0) is 12.8 Å². The summed E-state index contributed by atoms with van der Waals surface area (Å²) < 4.78 is 15.6. The average molecular weight is 189 g/mol. The number of hydrogen-bond donors (Lipinski definition) is 0. The van der Waals surface area contributed by atoms with Gasteiger partial charge in [0.25, 0.3) is 0 Å². The van der Waals surface area contributed by atoms with Gasteiger partial charge in [0.15, 0.2) is 0 Å². The van der Waals surface area contributed by atoms with Crippen molar-refractivity contribution in [3.8, 4) is 0 Å². The number of allylic oxidation sites excluding steroid dienone is 1. The Morgan fingerprint density at radius 1 is 1.08 bits per heavy atom. The van der Waals surface area contributed by atoms with Crippen molar-refractivity contribution in [1.29, 1.82) is 0 Å². The van der Waals surface area contributed by atoms with Gasteiger partial charge >= 0.3 is 8.80 Å². The molecule has 0 spiro atoms. The Kier molecular flexibility index (Phi) is 6.28. The predicted octanol–water partition coefficient (Wildman–Crippen LogP) is 1.57. The quantitative estimate of drug-likeness (QED) is 0.346. The fraction of sp³-hybridized carbons (Fsp3) is 0.625. The molecule has 4 heteroatoms. The molecule has 0 aromatic carbocycles. The third-order valence-corrected chi connectivity index (χ3v) is 4.11. The van der Waals surface area contributed by atoms with E-state index < -0.39 is 8.80 Å². The van der Waals surface area contributed by atoms with Crippen LogP contribution in [0.2, 0.25) is 0 Å². The third kappa shape index (κ3) is 3.49. The first-order valence-electron chi connectivity index (χ1n) is 3.85. The molecule has 0 heterocycles. The molecular formula is C8H17O3Si. The molecule has 0 aliphatic heterocycles. The van der Waals surface area contributed by atoms with Crippen LogP contribution in [0.5, 0.6) is 0 Å². The Balaban J connectivity index is 3.84. The maximum Gasteiger partial charge on any atom is 0.503 e. The summed E-state index contributed by atoms with van der Waals surface area (Å²) in [5.74, 6) is 0. The van der Waals surface area contributed by atoms with E-state index in [-0.39, 0.29) is 0 Å². The van der Waals surface area contributed by atoms with Crippen molar-refractivity contribution in [3.63, 3.8) is 0 Å². The molecule has 0 saturated heterocycles. The topological polar surface area (TPSA) is 27.7 Å². The molecule has 1 radical (unpaired) electrons. The van der Waals surface area contributed by atoms with Crippen molar-refractivity contribution in [3.05, 3.63) is 18.7 Å². The fourth-order valence-electron chi connectivity index (χ4n) is 0.878. The van der Waals surface area contributed by atoms with E-state index in [9.17, 15) is 0 Å². The number of hydrogen-bond acceptors (Lipinski definition) is 3. The first kappa shape index (κ1) is 11.8. The van der Waals surface area contributed by atoms with Crippen molar-refractivity contribution >= 4 is 8.80 Å². The summed E-state index contributed by atoms with van der Waals surface area (Å²) in [6.45, 7) is 3.63. The Hall–Kier alpha value is -0.163. The minimum absolute atomic E-state index is 0.880. The van der Waals surface area contributed by atoms with E-state index in [1.807, 2.05) is 12.1 Å². The molecule has 0 atom stereocenters. The minimum atomic E-state index is -2.43. The summed E-state index contributed by atoms with van der Waals surface area (Å²) in [4.78, 5) is 0. The van der Waals surface area contributed by atoms with E-state index >= 15 is 0 Å². The second-order valence-electron chi connectivity index (χ2n) is 2.29. The van der Waals surface area contributed by atoms with E-state index in [1.54, 1.807) is 21.3 Å². The smallest absolute Gasteiger partial charge is 0.377 e. The summed E-state index contributed by atoms with van der Waals surface area (Å²) >= 11 is 0. The maximum atomic E-state index is 5.19. The van der Waals surface area contributed by atoms with Crippen LogP contribution in [-0.2, 0) is 13.3 Å². The Bertz CT molecular complexity index is 115. The summed E-state index contributed by atoms with van der Waals surface area (Å²) in [7, 11) is 2.38. The van der Waals surface area contributed by atoms with Crippen LogP contribution in [0.1, 0.15) is 12.8 Å². The molecule has 12 heavy (non-hydrogen) atoms. The average Bonchev–Trinajstić information content (AvgIpc) is 2.14. The van der Waals surface area contributed by atoms with Gasteiger partial charge in [-0.1, -0.05) is 6.08 Å². The molecule has 71 valence electrons. The highest BCUT2D eigenvalue weighted by Gasteiger charge is 2.36. The van der Waals surface area contributed by atoms with Gasteiger partial charge in [0, 0.05) is 27.4 Å². The zero-order valence-electron chi connectivity index (χ0n) is 8.00. The fourth-order valence-corrected chi connectivity index (χ4v) is 2.40. The van der Waals surface area contributed by atoms with Crippen LogP contribution in [0, 0.1) is 6.04 Å². The van der Waals surface area contributed by atoms with Gasteiger partial charge in [-0.2, -0.15) is 0 Å². The molecule has 0 N–H and O–H groups in total. The molecule has 0 aromatic heterocycles. The standard InChI is InChI=1S/C8H17O3Si/c1-5-6-7-8-12(9-2,10-3)11-4/h5,8H,1,6-7H2,2-4H3. The highest BCUT2D eigenvalue weighted by atomic mass is 28.4. The molecule has 0 fully saturated rings. The molecule has 3 nitrogen and oxygen atoms in total. The Morgan fingerprint density at radius 2 is 1.58 bits per heavy atom. The van der Waals surface area contributed by atoms with Gasteiger partial charge in [0.2, 0.25) is 0 Å². The molecule has 0 unspecified atom stereocenters. The molecule has 0 amide bonds. The SMILES string of the molecule is C=CCC[CH][Si](OC)(OC)OC. The first-order chi connectivity index (χ1) is 5.74. The number of unbranched alkanes of at least 4 members (excludes halogenated alkanes) is 1. The molecule has 0 aromatic rings. The second-order valence-corrected chi connectivity index (χ2v) is 5.13. The van der Waals surface area contributed by atoms with Crippen molar-refractivity contribution in [2.24, 2.45) is 0 Å². The summed E-state index contributed by atoms with van der Waals surface area (Å²) in [6.07, 6.45) is 3.66. The molecule has 0 rings (SSSR count). The van der Waals surface area contributed by atoms with Crippen LogP contribution in [0.25, 0.3) is 0 Å². The predicted molar refractivity (Wildman–Crippen MR) is 50.5 cm³/mol. The van der Waals surface area contributed by atoms with Crippen LogP contribution >= 0.6 is 0 Å². The summed E-state index contributed by atoms with van der Waals surface area (Å²) in [5, 5.41) is 0. The highest BCUT2D eigenvalue weighted by Crippen LogP contribution is 2.13. The van der Waals surface area contributed by atoms with E-state index in [1.165, 1.54) is 0 Å². The van der Waals surface area contributed by atoms with Crippen LogP contribution < -0.4 is 0 Å². The van der Waals surface area contributed by atoms with Crippen molar-refractivity contribution < 1.29 is 13.3 Å². The molecule has 0 aliphatic rings. The monoisotopic (exact) mass is 189 g/mol. The van der Waals surface area contributed by atoms with Crippen molar-refractivity contribution in [2.75, 3.05) is 21.3 Å². The minimum Gasteiger partial charge on any atom is -0.377 e. The normalized spacial score (nSPS) is 11.6. The van der Waals surface area contributed by atoms with Crippen LogP contribution in [0.3, 0.4) is 0 Å². The zero-order valence-corrected chi connectivity index (χ0v) is 9.00. The molecule has 0 bridgehead atoms. The van der Waals surface area contributed by atoms with Gasteiger partial charge in [0.05, 0.1) is 0 Å². The van der Waals surface area contributed by atoms with Gasteiger partial charge in [-0.3, -0.25) is 0 Å².